The summed E-state index contributed by atoms with van der Waals surface area (Å²) in [6.45, 7) is 0. The molecule has 0 aliphatic heterocycles. The molecule has 10 heteroatoms. The van der Waals surface area contributed by atoms with Crippen molar-refractivity contribution in [1.82, 2.24) is 0 Å². The van der Waals surface area contributed by atoms with Gasteiger partial charge >= 0.3 is 184 Å². The third kappa shape index (κ3) is 5.64. The van der Waals surface area contributed by atoms with Crippen LogP contribution in [0.5, 0.6) is 0 Å². The average Bonchev–Trinajstić information content (AvgIpc) is 2.67. The molecule has 0 fully saturated rings. The Kier molecular flexibility index (Phi) is 6.79. The van der Waals surface area contributed by atoms with E-state index in [1.165, 1.54) is 0 Å². The van der Waals surface area contributed by atoms with Gasteiger partial charge in [-0.2, -0.15) is 0 Å². The Morgan fingerprint density at radius 2 is 1.14 bits per heavy atom. The first-order valence-corrected chi connectivity index (χ1v) is 13.1. The van der Waals surface area contributed by atoms with Gasteiger partial charge in [0.1, 0.15) is 0 Å². The fraction of sp³-hybridized carbons (Fsp3) is 0.0526. The van der Waals surface area contributed by atoms with E-state index in [1.807, 2.05) is 0 Å². The van der Waals surface area contributed by atoms with E-state index >= 15 is 0 Å². The van der Waals surface area contributed by atoms with E-state index in [4.69, 9.17) is 25.7 Å². The van der Waals surface area contributed by atoms with Gasteiger partial charge in [-0.1, -0.05) is 0 Å². The van der Waals surface area contributed by atoms with Gasteiger partial charge in [-0.05, 0) is 0 Å². The summed E-state index contributed by atoms with van der Waals surface area (Å²) in [5, 5.41) is 0.956. The first-order valence-electron chi connectivity index (χ1n) is 7.90. The molecule has 0 saturated carbocycles. The van der Waals surface area contributed by atoms with Gasteiger partial charge in [0.05, 0.1) is 0 Å². The van der Waals surface area contributed by atoms with Crippen molar-refractivity contribution in [2.24, 2.45) is 0 Å². The van der Waals surface area contributed by atoms with Crippen LogP contribution in [0.25, 0.3) is 0 Å². The molecule has 0 unspecified atom stereocenters. The van der Waals surface area contributed by atoms with Crippen molar-refractivity contribution < 1.29 is 24.1 Å². The summed E-state index contributed by atoms with van der Waals surface area (Å²) in [4.78, 5) is -0.351. The number of hydrogen-bond acceptors (Lipinski definition) is 3. The third-order valence-electron chi connectivity index (χ3n) is 3.62. The fourth-order valence-corrected chi connectivity index (χ4v) is 9.36. The summed E-state index contributed by atoms with van der Waals surface area (Å²) in [6.07, 6.45) is -4.56. The van der Waals surface area contributed by atoms with Crippen molar-refractivity contribution in [3.8, 4) is 0 Å². The molecule has 0 radical (unpaired) electrons. The fourth-order valence-electron chi connectivity index (χ4n) is 2.22. The zero-order valence-corrected chi connectivity index (χ0v) is 18.8. The summed E-state index contributed by atoms with van der Waals surface area (Å²) >= 11 is 8.85. The van der Waals surface area contributed by atoms with Crippen molar-refractivity contribution in [2.45, 2.75) is 11.1 Å². The van der Waals surface area contributed by atoms with Gasteiger partial charge in [0.15, 0.2) is 0 Å². The van der Waals surface area contributed by atoms with E-state index in [9.17, 15) is 21.6 Å². The Balaban J connectivity index is 1.98. The number of hydrogen-bond donors (Lipinski definition) is 0. The average molecular weight is 575 g/mol. The van der Waals surface area contributed by atoms with Gasteiger partial charge in [0.2, 0.25) is 0 Å². The molecule has 0 aliphatic rings. The predicted octanol–water partition coefficient (Wildman–Crippen LogP) is 6.88. The molecule has 0 bridgehead atoms. The quantitative estimate of drug-likeness (QED) is 0.312. The minimum absolute atomic E-state index is 0.351. The van der Waals surface area contributed by atoms with Gasteiger partial charge in [-0.25, -0.2) is 0 Å². The Bertz CT molecular complexity index is 1040. The Hall–Kier alpha value is -1.33. The molecule has 0 atom stereocenters. The molecule has 154 valence electrons. The van der Waals surface area contributed by atoms with Crippen LogP contribution in [0.4, 0.5) is 13.2 Å². The predicted molar refractivity (Wildman–Crippen MR) is 114 cm³/mol. The standard InChI is InChI=1S/C19H12Cl2F3IO3S/c20-14-3-7-16(8-4-14)25(17-9-5-15(21)6-10-17)28-29(26,27)18-11-1-13(2-12-18)19(22,23)24/h1-12H. The molecular weight excluding hydrogens is 563 g/mol. The van der Waals surface area contributed by atoms with Gasteiger partial charge in [-0.15, -0.1) is 0 Å². The second-order valence-corrected chi connectivity index (χ2v) is 13.0. The van der Waals surface area contributed by atoms with Crippen LogP contribution in [0, 0.1) is 7.14 Å². The number of rotatable bonds is 5. The third-order valence-corrected chi connectivity index (χ3v) is 11.5. The molecule has 3 rings (SSSR count). The van der Waals surface area contributed by atoms with Crippen LogP contribution in [0.1, 0.15) is 5.56 Å². The number of halogens is 6. The van der Waals surface area contributed by atoms with Gasteiger partial charge in [0.25, 0.3) is 0 Å². The van der Waals surface area contributed by atoms with E-state index in [-0.39, 0.29) is 4.90 Å². The van der Waals surface area contributed by atoms with E-state index in [0.717, 1.165) is 12.1 Å². The topological polar surface area (TPSA) is 43.4 Å². The van der Waals surface area contributed by atoms with Crippen molar-refractivity contribution in [1.29, 1.82) is 0 Å². The Morgan fingerprint density at radius 3 is 1.52 bits per heavy atom. The van der Waals surface area contributed by atoms with Crippen LogP contribution in [0.2, 0.25) is 10.0 Å². The second-order valence-electron chi connectivity index (χ2n) is 5.66. The first kappa shape index (κ1) is 22.4. The molecule has 3 nitrogen and oxygen atoms in total. The normalized spacial score (nSPS) is 12.7. The van der Waals surface area contributed by atoms with Crippen molar-refractivity contribution in [3.63, 3.8) is 0 Å². The van der Waals surface area contributed by atoms with Crippen molar-refractivity contribution in [3.05, 3.63) is 95.5 Å². The molecular formula is C19H12Cl2F3IO3S. The molecule has 0 N–H and O–H groups in total. The van der Waals surface area contributed by atoms with E-state index in [2.05, 4.69) is 0 Å². The summed E-state index contributed by atoms with van der Waals surface area (Å²) in [5.74, 6) is 0. The second kappa shape index (κ2) is 8.81. The monoisotopic (exact) mass is 574 g/mol. The van der Waals surface area contributed by atoms with Crippen molar-refractivity contribution >= 4 is 53.6 Å². The van der Waals surface area contributed by atoms with Crippen LogP contribution in [0.15, 0.2) is 77.7 Å². The zero-order chi connectivity index (χ0) is 21.2. The van der Waals surface area contributed by atoms with Gasteiger partial charge < -0.3 is 0 Å². The maximum absolute atomic E-state index is 12.8. The van der Waals surface area contributed by atoms with Crippen LogP contribution in [-0.4, -0.2) is 8.42 Å². The molecule has 3 aromatic rings. The molecule has 0 aromatic heterocycles. The van der Waals surface area contributed by atoms with Crippen molar-refractivity contribution in [2.75, 3.05) is 0 Å². The molecule has 0 aliphatic carbocycles. The molecule has 0 spiro atoms. The van der Waals surface area contributed by atoms with Crippen LogP contribution in [0.3, 0.4) is 0 Å². The summed E-state index contributed by atoms with van der Waals surface area (Å²) < 4.78 is 70.6. The molecule has 3 aromatic carbocycles. The molecule has 0 heterocycles. The molecule has 0 saturated heterocycles. The molecule has 0 amide bonds. The number of benzene rings is 3. The Morgan fingerprint density at radius 1 is 0.724 bits per heavy atom. The number of alkyl halides is 3. The molecule has 29 heavy (non-hydrogen) atoms. The first-order chi connectivity index (χ1) is 13.6. The van der Waals surface area contributed by atoms with E-state index < -0.39 is 42.1 Å². The van der Waals surface area contributed by atoms with Gasteiger partial charge in [-0.3, -0.25) is 0 Å². The van der Waals surface area contributed by atoms with E-state index in [0.29, 0.717) is 29.3 Å². The minimum atomic E-state index is -4.56. The Labute approximate surface area is 183 Å². The van der Waals surface area contributed by atoms with Gasteiger partial charge in [0, 0.05) is 0 Å². The summed E-state index contributed by atoms with van der Waals surface area (Å²) in [7, 11) is -4.30. The SMILES string of the molecule is O=S(=O)(OI(c1ccc(Cl)cc1)c1ccc(Cl)cc1)c1ccc(C(F)(F)F)cc1. The summed E-state index contributed by atoms with van der Waals surface area (Å²) in [6, 6.07) is 16.3. The van der Waals surface area contributed by atoms with Crippen LogP contribution in [-0.2, 0) is 18.8 Å². The summed E-state index contributed by atoms with van der Waals surface area (Å²) in [5.41, 5.74) is -0.942. The van der Waals surface area contributed by atoms with Crippen LogP contribution < -0.4 is 0 Å². The maximum atomic E-state index is 12.8. The van der Waals surface area contributed by atoms with Crippen LogP contribution >= 0.6 is 43.4 Å². The van der Waals surface area contributed by atoms with E-state index in [1.54, 1.807) is 48.5 Å². The zero-order valence-electron chi connectivity index (χ0n) is 14.3.